The molecule has 1 heterocycles. The molecule has 3 aromatic rings. The number of nitrogens with zero attached hydrogens (tertiary/aromatic N) is 1. The minimum absolute atomic E-state index is 0.205. The van der Waals surface area contributed by atoms with E-state index in [4.69, 9.17) is 10.5 Å². The molecule has 2 amide bonds. The van der Waals surface area contributed by atoms with E-state index in [1.54, 1.807) is 12.1 Å². The molecule has 0 aliphatic carbocycles. The maximum Gasteiger partial charge on any atom is 0.254 e. The third kappa shape index (κ3) is 4.48. The minimum atomic E-state index is -0.882. The zero-order valence-corrected chi connectivity index (χ0v) is 15.0. The highest BCUT2D eigenvalue weighted by Gasteiger charge is 2.25. The average Bonchev–Trinajstić information content (AvgIpc) is 2.68. The highest BCUT2D eigenvalue weighted by atomic mass is 16.5. The van der Waals surface area contributed by atoms with E-state index in [2.05, 4.69) is 10.3 Å². The summed E-state index contributed by atoms with van der Waals surface area (Å²) in [6.07, 6.45) is -0.616. The number of methoxy groups -OCH3 is 1. The van der Waals surface area contributed by atoms with Crippen molar-refractivity contribution in [2.24, 2.45) is 5.73 Å². The van der Waals surface area contributed by atoms with Crippen molar-refractivity contribution in [3.63, 3.8) is 0 Å². The summed E-state index contributed by atoms with van der Waals surface area (Å²) in [7, 11) is 1.45. The number of amides is 2. The summed E-state index contributed by atoms with van der Waals surface area (Å²) in [4.78, 5) is 29.1. The molecule has 2 aromatic carbocycles. The molecular formula is C21H21N3O3. The fourth-order valence-electron chi connectivity index (χ4n) is 2.92. The van der Waals surface area contributed by atoms with Crippen LogP contribution < -0.4 is 11.1 Å². The summed E-state index contributed by atoms with van der Waals surface area (Å²) in [6.45, 7) is 0. The number of benzene rings is 2. The number of hydrogen-bond acceptors (Lipinski definition) is 4. The number of para-hydroxylation sites is 1. The van der Waals surface area contributed by atoms with Crippen molar-refractivity contribution in [2.45, 2.75) is 18.6 Å². The molecule has 0 saturated heterocycles. The molecule has 0 radical (unpaired) electrons. The quantitative estimate of drug-likeness (QED) is 0.672. The van der Waals surface area contributed by atoms with Gasteiger partial charge in [-0.25, -0.2) is 0 Å². The van der Waals surface area contributed by atoms with Gasteiger partial charge in [-0.15, -0.1) is 0 Å². The van der Waals surface area contributed by atoms with Crippen molar-refractivity contribution in [1.82, 2.24) is 10.3 Å². The van der Waals surface area contributed by atoms with Crippen LogP contribution in [0.1, 0.15) is 17.4 Å². The van der Waals surface area contributed by atoms with Gasteiger partial charge in [0.05, 0.1) is 5.52 Å². The summed E-state index contributed by atoms with van der Waals surface area (Å²) in [5.74, 6) is -1.05. The molecule has 0 aliphatic rings. The smallest absolute Gasteiger partial charge is 0.254 e. The first kappa shape index (κ1) is 18.5. The van der Waals surface area contributed by atoms with Gasteiger partial charge in [0.1, 0.15) is 6.04 Å². The van der Waals surface area contributed by atoms with Crippen LogP contribution in [0.15, 0.2) is 66.7 Å². The molecule has 6 heteroatoms. The van der Waals surface area contributed by atoms with Crippen LogP contribution in [0.5, 0.6) is 0 Å². The Bertz CT molecular complexity index is 944. The highest BCUT2D eigenvalue weighted by Crippen LogP contribution is 2.17. The zero-order chi connectivity index (χ0) is 19.2. The third-order valence-corrected chi connectivity index (χ3v) is 4.31. The summed E-state index contributed by atoms with van der Waals surface area (Å²) in [5.41, 5.74) is 7.70. The van der Waals surface area contributed by atoms with E-state index in [1.807, 2.05) is 54.6 Å². The zero-order valence-electron chi connectivity index (χ0n) is 15.0. The molecule has 27 heavy (non-hydrogen) atoms. The second-order valence-electron chi connectivity index (χ2n) is 6.19. The Hall–Kier alpha value is -3.25. The number of hydrogen-bond donors (Lipinski definition) is 2. The number of pyridine rings is 1. The van der Waals surface area contributed by atoms with Gasteiger partial charge in [-0.1, -0.05) is 54.6 Å². The van der Waals surface area contributed by atoms with Crippen LogP contribution in [0.2, 0.25) is 0 Å². The van der Waals surface area contributed by atoms with Gasteiger partial charge in [-0.05, 0) is 17.7 Å². The van der Waals surface area contributed by atoms with Crippen LogP contribution in [-0.4, -0.2) is 29.9 Å². The van der Waals surface area contributed by atoms with Crippen molar-refractivity contribution in [3.05, 3.63) is 78.0 Å². The molecule has 0 fully saturated rings. The van der Waals surface area contributed by atoms with Crippen LogP contribution in [-0.2, 0) is 20.7 Å². The van der Waals surface area contributed by atoms with Crippen molar-refractivity contribution >= 4 is 22.7 Å². The monoisotopic (exact) mass is 363 g/mol. The second kappa shape index (κ2) is 8.42. The molecule has 1 aromatic heterocycles. The van der Waals surface area contributed by atoms with Gasteiger partial charge in [0.2, 0.25) is 5.91 Å². The third-order valence-electron chi connectivity index (χ3n) is 4.31. The Morgan fingerprint density at radius 2 is 1.74 bits per heavy atom. The maximum absolute atomic E-state index is 12.6. The number of aromatic nitrogens is 1. The molecule has 0 unspecified atom stereocenters. The standard InChI is InChI=1S/C21H21N3O3/c1-27-19(15-8-3-2-4-9-15)21(26)24-18(20(22)25)13-16-12-11-14-7-5-6-10-17(14)23-16/h2-12,18-19H,13H2,1H3,(H2,22,25)(H,24,26)/t18-,19+/m1/s1. The Morgan fingerprint density at radius 3 is 2.44 bits per heavy atom. The molecule has 6 nitrogen and oxygen atoms in total. The SMILES string of the molecule is CO[C@H](C(=O)N[C@H](Cc1ccc2ccccc2n1)C(N)=O)c1ccccc1. The minimum Gasteiger partial charge on any atom is -0.368 e. The molecule has 0 saturated carbocycles. The first-order valence-electron chi connectivity index (χ1n) is 8.60. The number of primary amides is 1. The average molecular weight is 363 g/mol. The number of carbonyl (C=O) groups excluding carboxylic acids is 2. The van der Waals surface area contributed by atoms with Crippen molar-refractivity contribution in [3.8, 4) is 0 Å². The molecule has 3 N–H and O–H groups in total. The lowest BCUT2D eigenvalue weighted by Gasteiger charge is -2.20. The molecule has 3 rings (SSSR count). The van der Waals surface area contributed by atoms with Crippen molar-refractivity contribution < 1.29 is 14.3 Å². The van der Waals surface area contributed by atoms with E-state index in [9.17, 15) is 9.59 Å². The van der Waals surface area contributed by atoms with Gasteiger partial charge < -0.3 is 15.8 Å². The number of nitrogens with one attached hydrogen (secondary N) is 1. The van der Waals surface area contributed by atoms with Crippen LogP contribution in [0.3, 0.4) is 0 Å². The van der Waals surface area contributed by atoms with Crippen LogP contribution in [0.4, 0.5) is 0 Å². The van der Waals surface area contributed by atoms with Crippen molar-refractivity contribution in [2.75, 3.05) is 7.11 Å². The Balaban J connectivity index is 1.76. The second-order valence-corrected chi connectivity index (χ2v) is 6.19. The highest BCUT2D eigenvalue weighted by molar-refractivity contribution is 5.89. The van der Waals surface area contributed by atoms with Gasteiger partial charge in [-0.2, -0.15) is 0 Å². The molecular weight excluding hydrogens is 342 g/mol. The molecule has 0 bridgehead atoms. The van der Waals surface area contributed by atoms with Gasteiger partial charge in [-0.3, -0.25) is 14.6 Å². The predicted octanol–water partition coefficient (Wildman–Crippen LogP) is 2.14. The van der Waals surface area contributed by atoms with Crippen LogP contribution in [0.25, 0.3) is 10.9 Å². The van der Waals surface area contributed by atoms with Crippen LogP contribution >= 0.6 is 0 Å². The number of ether oxygens (including phenoxy) is 1. The van der Waals surface area contributed by atoms with E-state index in [1.165, 1.54) is 7.11 Å². The van der Waals surface area contributed by atoms with E-state index in [0.29, 0.717) is 11.3 Å². The van der Waals surface area contributed by atoms with Crippen LogP contribution in [0, 0.1) is 0 Å². The number of nitrogens with two attached hydrogens (primary N) is 1. The van der Waals surface area contributed by atoms with Gasteiger partial charge in [0.25, 0.3) is 5.91 Å². The summed E-state index contributed by atoms with van der Waals surface area (Å²) in [5, 5.41) is 3.69. The Morgan fingerprint density at radius 1 is 1.04 bits per heavy atom. The molecule has 0 aliphatic heterocycles. The lowest BCUT2D eigenvalue weighted by atomic mass is 10.1. The summed E-state index contributed by atoms with van der Waals surface area (Å²) >= 11 is 0. The van der Waals surface area contributed by atoms with E-state index < -0.39 is 24.0 Å². The largest absolute Gasteiger partial charge is 0.368 e. The summed E-state index contributed by atoms with van der Waals surface area (Å²) in [6, 6.07) is 19.6. The fourth-order valence-corrected chi connectivity index (χ4v) is 2.92. The van der Waals surface area contributed by atoms with Gasteiger partial charge in [0.15, 0.2) is 6.10 Å². The number of fused-ring (bicyclic) bond motifs is 1. The number of rotatable bonds is 7. The lowest BCUT2D eigenvalue weighted by molar-refractivity contribution is -0.134. The first-order valence-corrected chi connectivity index (χ1v) is 8.60. The van der Waals surface area contributed by atoms with Crippen molar-refractivity contribution in [1.29, 1.82) is 0 Å². The maximum atomic E-state index is 12.6. The van der Waals surface area contributed by atoms with E-state index >= 15 is 0 Å². The normalized spacial score (nSPS) is 13.1. The summed E-state index contributed by atoms with van der Waals surface area (Å²) < 4.78 is 5.31. The molecule has 138 valence electrons. The van der Waals surface area contributed by atoms with Gasteiger partial charge >= 0.3 is 0 Å². The fraction of sp³-hybridized carbons (Fsp3) is 0.190. The first-order chi connectivity index (χ1) is 13.1. The van der Waals surface area contributed by atoms with E-state index in [0.717, 1.165) is 10.9 Å². The van der Waals surface area contributed by atoms with E-state index in [-0.39, 0.29) is 6.42 Å². The topological polar surface area (TPSA) is 94.3 Å². The Labute approximate surface area is 157 Å². The molecule has 2 atom stereocenters. The predicted molar refractivity (Wildman–Crippen MR) is 103 cm³/mol. The van der Waals surface area contributed by atoms with Gasteiger partial charge in [0, 0.05) is 24.6 Å². The molecule has 0 spiro atoms. The number of carbonyl (C=O) groups is 2. The lowest BCUT2D eigenvalue weighted by Crippen LogP contribution is -2.47. The Kier molecular flexibility index (Phi) is 5.78.